The Labute approximate surface area is 131 Å². The van der Waals surface area contributed by atoms with Crippen LogP contribution in [0.15, 0.2) is 30.3 Å². The summed E-state index contributed by atoms with van der Waals surface area (Å²) in [7, 11) is 0. The monoisotopic (exact) mass is 326 g/mol. The molecule has 8 nitrogen and oxygen atoms in total. The van der Waals surface area contributed by atoms with Gasteiger partial charge in [-0.3, -0.25) is 0 Å². The summed E-state index contributed by atoms with van der Waals surface area (Å²) in [6.07, 6.45) is -4.89. The SMILES string of the molecule is O=C(/C=C/c1ccc(O)cc1)O[C@H]1[C@H](O)[C@@H](O)[C@H](O)O[C@@H]1CO. The minimum atomic E-state index is -1.68. The van der Waals surface area contributed by atoms with Crippen molar-refractivity contribution in [3.8, 4) is 5.75 Å². The molecule has 1 saturated heterocycles. The Bertz CT molecular complexity index is 553. The van der Waals surface area contributed by atoms with E-state index in [9.17, 15) is 20.1 Å². The molecule has 0 aliphatic carbocycles. The van der Waals surface area contributed by atoms with E-state index in [1.807, 2.05) is 0 Å². The lowest BCUT2D eigenvalue weighted by Crippen LogP contribution is -2.59. The number of rotatable bonds is 4. The van der Waals surface area contributed by atoms with Gasteiger partial charge in [0, 0.05) is 6.08 Å². The number of carbonyl (C=O) groups is 1. The van der Waals surface area contributed by atoms with Gasteiger partial charge >= 0.3 is 5.97 Å². The highest BCUT2D eigenvalue weighted by Gasteiger charge is 2.45. The van der Waals surface area contributed by atoms with E-state index >= 15 is 0 Å². The maximum absolute atomic E-state index is 11.8. The third-order valence-electron chi connectivity index (χ3n) is 3.40. The van der Waals surface area contributed by atoms with Gasteiger partial charge in [0.05, 0.1) is 6.61 Å². The van der Waals surface area contributed by atoms with Crippen LogP contribution in [0.2, 0.25) is 0 Å². The van der Waals surface area contributed by atoms with Crippen molar-refractivity contribution in [2.24, 2.45) is 0 Å². The maximum Gasteiger partial charge on any atom is 0.331 e. The number of hydrogen-bond donors (Lipinski definition) is 5. The number of phenolic OH excluding ortho intramolecular Hbond substituents is 1. The first-order valence-corrected chi connectivity index (χ1v) is 6.90. The number of carbonyl (C=O) groups excluding carboxylic acids is 1. The summed E-state index contributed by atoms with van der Waals surface area (Å²) in [6, 6.07) is 6.05. The van der Waals surface area contributed by atoms with Crippen LogP contribution in [0.4, 0.5) is 0 Å². The van der Waals surface area contributed by atoms with Crippen LogP contribution in [-0.4, -0.2) is 68.8 Å². The topological polar surface area (TPSA) is 137 Å². The van der Waals surface area contributed by atoms with Crippen molar-refractivity contribution in [2.45, 2.75) is 30.7 Å². The zero-order valence-electron chi connectivity index (χ0n) is 12.0. The molecule has 1 aliphatic heterocycles. The van der Waals surface area contributed by atoms with Gasteiger partial charge in [-0.25, -0.2) is 4.79 Å². The minimum absolute atomic E-state index is 0.0885. The quantitative estimate of drug-likeness (QED) is 0.342. The number of phenols is 1. The largest absolute Gasteiger partial charge is 0.508 e. The number of benzene rings is 1. The van der Waals surface area contributed by atoms with Gasteiger partial charge in [-0.05, 0) is 23.8 Å². The van der Waals surface area contributed by atoms with Gasteiger partial charge < -0.3 is 35.0 Å². The lowest BCUT2D eigenvalue weighted by molar-refractivity contribution is -0.289. The molecule has 23 heavy (non-hydrogen) atoms. The first kappa shape index (κ1) is 17.4. The summed E-state index contributed by atoms with van der Waals surface area (Å²) < 4.78 is 9.86. The summed E-state index contributed by atoms with van der Waals surface area (Å²) >= 11 is 0. The first-order chi connectivity index (χ1) is 10.9. The molecule has 5 atom stereocenters. The molecule has 0 amide bonds. The second kappa shape index (κ2) is 7.53. The van der Waals surface area contributed by atoms with E-state index in [0.29, 0.717) is 5.56 Å². The Kier molecular flexibility index (Phi) is 5.69. The highest BCUT2D eigenvalue weighted by molar-refractivity contribution is 5.87. The van der Waals surface area contributed by atoms with Crippen LogP contribution in [0.3, 0.4) is 0 Å². The van der Waals surface area contributed by atoms with E-state index in [0.717, 1.165) is 6.08 Å². The molecule has 0 bridgehead atoms. The molecule has 0 saturated carbocycles. The molecule has 1 fully saturated rings. The number of esters is 1. The fourth-order valence-corrected chi connectivity index (χ4v) is 2.14. The van der Waals surface area contributed by atoms with E-state index in [4.69, 9.17) is 19.7 Å². The van der Waals surface area contributed by atoms with E-state index in [2.05, 4.69) is 0 Å². The molecule has 1 aliphatic rings. The fourth-order valence-electron chi connectivity index (χ4n) is 2.14. The van der Waals surface area contributed by atoms with E-state index in [1.54, 1.807) is 12.1 Å². The van der Waals surface area contributed by atoms with Crippen molar-refractivity contribution in [2.75, 3.05) is 6.61 Å². The highest BCUT2D eigenvalue weighted by atomic mass is 16.7. The maximum atomic E-state index is 11.8. The third kappa shape index (κ3) is 4.27. The molecular formula is C15H18O8. The van der Waals surface area contributed by atoms with Crippen molar-refractivity contribution in [1.82, 2.24) is 0 Å². The van der Waals surface area contributed by atoms with E-state index in [1.165, 1.54) is 18.2 Å². The zero-order chi connectivity index (χ0) is 17.0. The number of aliphatic hydroxyl groups is 4. The smallest absolute Gasteiger partial charge is 0.331 e. The molecule has 0 radical (unpaired) electrons. The molecule has 1 aromatic rings. The third-order valence-corrected chi connectivity index (χ3v) is 3.40. The predicted octanol–water partition coefficient (Wildman–Crippen LogP) is -1.25. The van der Waals surface area contributed by atoms with Crippen molar-refractivity contribution < 1.29 is 39.8 Å². The van der Waals surface area contributed by atoms with Gasteiger partial charge in [0.2, 0.25) is 0 Å². The van der Waals surface area contributed by atoms with E-state index in [-0.39, 0.29) is 5.75 Å². The Morgan fingerprint density at radius 1 is 1.17 bits per heavy atom. The molecule has 2 rings (SSSR count). The Morgan fingerprint density at radius 2 is 1.83 bits per heavy atom. The number of aliphatic hydroxyl groups excluding tert-OH is 4. The molecule has 0 unspecified atom stereocenters. The number of ether oxygens (including phenoxy) is 2. The molecule has 8 heteroatoms. The van der Waals surface area contributed by atoms with Crippen LogP contribution >= 0.6 is 0 Å². The van der Waals surface area contributed by atoms with Crippen LogP contribution in [0.25, 0.3) is 6.08 Å². The second-order valence-corrected chi connectivity index (χ2v) is 5.06. The minimum Gasteiger partial charge on any atom is -0.508 e. The van der Waals surface area contributed by atoms with Crippen molar-refractivity contribution in [1.29, 1.82) is 0 Å². The summed E-state index contributed by atoms with van der Waals surface area (Å²) in [6.45, 7) is -0.611. The molecule has 0 spiro atoms. The van der Waals surface area contributed by atoms with Crippen molar-refractivity contribution >= 4 is 12.0 Å². The highest BCUT2D eigenvalue weighted by Crippen LogP contribution is 2.22. The summed E-state index contributed by atoms with van der Waals surface area (Å²) in [4.78, 5) is 11.8. The molecule has 0 aromatic heterocycles. The van der Waals surface area contributed by atoms with Crippen LogP contribution in [0.5, 0.6) is 5.75 Å². The van der Waals surface area contributed by atoms with Crippen molar-refractivity contribution in [3.05, 3.63) is 35.9 Å². The lowest BCUT2D eigenvalue weighted by atomic mass is 9.99. The van der Waals surface area contributed by atoms with Gasteiger partial charge in [0.1, 0.15) is 24.1 Å². The van der Waals surface area contributed by atoms with Gasteiger partial charge in [0.15, 0.2) is 12.4 Å². The van der Waals surface area contributed by atoms with Crippen LogP contribution in [0.1, 0.15) is 5.56 Å². The molecule has 5 N–H and O–H groups in total. The Balaban J connectivity index is 2.01. The predicted molar refractivity (Wildman–Crippen MR) is 77.0 cm³/mol. The molecular weight excluding hydrogens is 308 g/mol. The van der Waals surface area contributed by atoms with Gasteiger partial charge in [0.25, 0.3) is 0 Å². The molecule has 1 aromatic carbocycles. The summed E-state index contributed by atoms with van der Waals surface area (Å²) in [5.74, 6) is -0.738. The van der Waals surface area contributed by atoms with Gasteiger partial charge in [-0.2, -0.15) is 0 Å². The Morgan fingerprint density at radius 3 is 2.43 bits per heavy atom. The average molecular weight is 326 g/mol. The average Bonchev–Trinajstić information content (AvgIpc) is 2.54. The van der Waals surface area contributed by atoms with E-state index < -0.39 is 43.3 Å². The zero-order valence-corrected chi connectivity index (χ0v) is 12.0. The van der Waals surface area contributed by atoms with Gasteiger partial charge in [-0.15, -0.1) is 0 Å². The second-order valence-electron chi connectivity index (χ2n) is 5.06. The fraction of sp³-hybridized carbons (Fsp3) is 0.400. The van der Waals surface area contributed by atoms with Crippen LogP contribution in [-0.2, 0) is 14.3 Å². The Hall–Kier alpha value is -1.97. The summed E-state index contributed by atoms with van der Waals surface area (Å²) in [5, 5.41) is 47.1. The standard InChI is InChI=1S/C15H18O8/c16-7-10-14(12(19)13(20)15(21)22-10)23-11(18)6-3-8-1-4-9(17)5-2-8/h1-6,10,12-17,19-21H,7H2/b6-3+/t10-,12-,13-,14-,15-/m1/s1. The lowest BCUT2D eigenvalue weighted by Gasteiger charge is -2.39. The molecule has 1 heterocycles. The number of aromatic hydroxyl groups is 1. The number of hydrogen-bond acceptors (Lipinski definition) is 8. The summed E-state index contributed by atoms with van der Waals surface area (Å²) in [5.41, 5.74) is 0.634. The van der Waals surface area contributed by atoms with Crippen molar-refractivity contribution in [3.63, 3.8) is 0 Å². The van der Waals surface area contributed by atoms with Crippen LogP contribution in [0, 0.1) is 0 Å². The first-order valence-electron chi connectivity index (χ1n) is 6.90. The van der Waals surface area contributed by atoms with Crippen LogP contribution < -0.4 is 0 Å². The molecule has 126 valence electrons. The van der Waals surface area contributed by atoms with Gasteiger partial charge in [-0.1, -0.05) is 12.1 Å². The normalized spacial score (nSPS) is 31.2.